The van der Waals surface area contributed by atoms with Gasteiger partial charge in [0.1, 0.15) is 33.4 Å². The van der Waals surface area contributed by atoms with Crippen molar-refractivity contribution in [3.8, 4) is 0 Å². The number of halogens is 3. The standard InChI is InChI=1S/C32H35Br3N6O6/c1-18(42)28(41-31(46)27(35)26(34)20-11-6-3-7-12-20)32(47)38-22(17-19-9-4-2-5-10-19)30(45)37-21(15-16-24(36)43)29(44)40-25-14-8-13-23(33)39-25/h2-14,18,21-22,26-28,42H,15-17H2,1H3,(H2,36,43)(H,37,45)(H,38,47)(H,41,46)(H,39,40,44)/t18-,21+,22+,26?,27?,28+/m1/s1. The Hall–Kier alpha value is -3.66. The zero-order valence-electron chi connectivity index (χ0n) is 25.2. The van der Waals surface area contributed by atoms with Crippen LogP contribution in [0.15, 0.2) is 83.5 Å². The second-order valence-corrected chi connectivity index (χ2v) is 13.4. The molecule has 2 aromatic carbocycles. The maximum atomic E-state index is 13.7. The van der Waals surface area contributed by atoms with E-state index in [-0.39, 0.29) is 25.1 Å². The van der Waals surface area contributed by atoms with Gasteiger partial charge in [-0.3, -0.25) is 24.0 Å². The lowest BCUT2D eigenvalue weighted by Crippen LogP contribution is -2.59. The Kier molecular flexibility index (Phi) is 15.0. The average molecular weight is 839 g/mol. The van der Waals surface area contributed by atoms with E-state index in [0.29, 0.717) is 10.2 Å². The molecule has 0 radical (unpaired) electrons. The molecule has 5 amide bonds. The molecule has 0 fully saturated rings. The number of amides is 5. The molecular weight excluding hydrogens is 804 g/mol. The number of primary amides is 1. The van der Waals surface area contributed by atoms with Crippen LogP contribution in [0.1, 0.15) is 35.7 Å². The van der Waals surface area contributed by atoms with Gasteiger partial charge in [0.15, 0.2) is 0 Å². The number of aliphatic hydroxyl groups excluding tert-OH is 1. The Balaban J connectivity index is 1.80. The minimum atomic E-state index is -1.43. The molecule has 0 aliphatic rings. The minimum Gasteiger partial charge on any atom is -0.391 e. The first-order valence-electron chi connectivity index (χ1n) is 14.5. The summed E-state index contributed by atoms with van der Waals surface area (Å²) in [5.41, 5.74) is 6.82. The number of nitrogens with two attached hydrogens (primary N) is 1. The average Bonchev–Trinajstić information content (AvgIpc) is 3.04. The highest BCUT2D eigenvalue weighted by molar-refractivity contribution is 9.12. The van der Waals surface area contributed by atoms with Crippen LogP contribution in [-0.4, -0.2) is 68.7 Å². The van der Waals surface area contributed by atoms with Crippen LogP contribution in [0.25, 0.3) is 0 Å². The number of alkyl halides is 2. The van der Waals surface area contributed by atoms with Gasteiger partial charge in [0.25, 0.3) is 0 Å². The number of aromatic nitrogens is 1. The number of carbonyl (C=O) groups is 5. The van der Waals surface area contributed by atoms with Gasteiger partial charge in [-0.15, -0.1) is 0 Å². The number of carbonyl (C=O) groups excluding carboxylic acids is 5. The zero-order chi connectivity index (χ0) is 34.5. The number of hydrogen-bond acceptors (Lipinski definition) is 7. The third-order valence-corrected chi connectivity index (χ3v) is 10.0. The molecule has 6 atom stereocenters. The fourth-order valence-corrected chi connectivity index (χ4v) is 5.74. The van der Waals surface area contributed by atoms with Crippen molar-refractivity contribution in [2.24, 2.45) is 5.73 Å². The van der Waals surface area contributed by atoms with Gasteiger partial charge in [0.05, 0.1) is 10.9 Å². The van der Waals surface area contributed by atoms with E-state index in [2.05, 4.69) is 74.0 Å². The number of nitrogens with zero attached hydrogens (tertiary/aromatic N) is 1. The molecule has 47 heavy (non-hydrogen) atoms. The summed E-state index contributed by atoms with van der Waals surface area (Å²) in [6, 6.07) is 19.0. The molecular formula is C32H35Br3N6O6. The molecule has 0 spiro atoms. The summed E-state index contributed by atoms with van der Waals surface area (Å²) in [4.78, 5) is 68.1. The van der Waals surface area contributed by atoms with Gasteiger partial charge >= 0.3 is 0 Å². The molecule has 0 aliphatic heterocycles. The smallest absolute Gasteiger partial charge is 0.248 e. The predicted molar refractivity (Wildman–Crippen MR) is 187 cm³/mol. The number of anilines is 1. The van der Waals surface area contributed by atoms with Crippen LogP contribution in [0.4, 0.5) is 5.82 Å². The Morgan fingerprint density at radius 3 is 2.00 bits per heavy atom. The molecule has 1 aromatic heterocycles. The van der Waals surface area contributed by atoms with E-state index in [1.165, 1.54) is 6.92 Å². The first kappa shape index (κ1) is 37.8. The number of benzene rings is 2. The van der Waals surface area contributed by atoms with Crippen molar-refractivity contribution >= 4 is 83.1 Å². The maximum absolute atomic E-state index is 13.7. The molecule has 15 heteroatoms. The largest absolute Gasteiger partial charge is 0.391 e. The van der Waals surface area contributed by atoms with Crippen molar-refractivity contribution in [1.82, 2.24) is 20.9 Å². The van der Waals surface area contributed by atoms with E-state index in [4.69, 9.17) is 5.73 Å². The molecule has 3 rings (SSSR count). The molecule has 0 bridgehead atoms. The molecule has 2 unspecified atom stereocenters. The Bertz CT molecular complexity index is 1530. The first-order valence-corrected chi connectivity index (χ1v) is 17.2. The Labute approximate surface area is 297 Å². The van der Waals surface area contributed by atoms with Crippen molar-refractivity contribution < 1.29 is 29.1 Å². The van der Waals surface area contributed by atoms with Crippen LogP contribution in [0, 0.1) is 0 Å². The van der Waals surface area contributed by atoms with Crippen LogP contribution >= 0.6 is 47.8 Å². The monoisotopic (exact) mass is 836 g/mol. The lowest BCUT2D eigenvalue weighted by molar-refractivity contribution is -0.134. The van der Waals surface area contributed by atoms with Crippen LogP contribution in [0.3, 0.4) is 0 Å². The topological polar surface area (TPSA) is 193 Å². The van der Waals surface area contributed by atoms with Crippen molar-refractivity contribution in [3.05, 3.63) is 94.6 Å². The van der Waals surface area contributed by atoms with E-state index in [0.717, 1.165) is 5.56 Å². The fourth-order valence-electron chi connectivity index (χ4n) is 4.42. The molecule has 7 N–H and O–H groups in total. The highest BCUT2D eigenvalue weighted by Gasteiger charge is 2.34. The molecule has 0 saturated carbocycles. The van der Waals surface area contributed by atoms with Gasteiger partial charge in [-0.05, 0) is 52.5 Å². The minimum absolute atomic E-state index is 0.00872. The summed E-state index contributed by atoms with van der Waals surface area (Å²) >= 11 is 10.1. The summed E-state index contributed by atoms with van der Waals surface area (Å²) in [6.07, 6.45) is -1.66. The van der Waals surface area contributed by atoms with Crippen molar-refractivity contribution in [1.29, 1.82) is 0 Å². The van der Waals surface area contributed by atoms with Crippen molar-refractivity contribution in [2.45, 2.75) is 60.1 Å². The number of nitrogens with one attached hydrogen (secondary N) is 4. The van der Waals surface area contributed by atoms with Crippen LogP contribution in [0.2, 0.25) is 0 Å². The maximum Gasteiger partial charge on any atom is 0.248 e. The van der Waals surface area contributed by atoms with E-state index < -0.39 is 63.4 Å². The summed E-state index contributed by atoms with van der Waals surface area (Å²) in [7, 11) is 0. The van der Waals surface area contributed by atoms with Gasteiger partial charge in [-0.25, -0.2) is 4.98 Å². The van der Waals surface area contributed by atoms with E-state index in [1.54, 1.807) is 48.5 Å². The molecule has 12 nitrogen and oxygen atoms in total. The van der Waals surface area contributed by atoms with Gasteiger partial charge in [0.2, 0.25) is 29.5 Å². The zero-order valence-corrected chi connectivity index (χ0v) is 30.0. The van der Waals surface area contributed by atoms with E-state index >= 15 is 0 Å². The molecule has 1 heterocycles. The van der Waals surface area contributed by atoms with Crippen LogP contribution in [0.5, 0.6) is 0 Å². The summed E-state index contributed by atoms with van der Waals surface area (Å²) in [5, 5.41) is 20.9. The third-order valence-electron chi connectivity index (χ3n) is 6.88. The third kappa shape index (κ3) is 12.1. The highest BCUT2D eigenvalue weighted by atomic mass is 79.9. The quantitative estimate of drug-likeness (QED) is 0.0944. The molecule has 0 aliphatic carbocycles. The summed E-state index contributed by atoms with van der Waals surface area (Å²) in [5.74, 6) is -3.28. The van der Waals surface area contributed by atoms with E-state index in [9.17, 15) is 29.1 Å². The first-order chi connectivity index (χ1) is 22.3. The lowest BCUT2D eigenvalue weighted by Gasteiger charge is -2.27. The fraction of sp³-hybridized carbons (Fsp3) is 0.312. The number of rotatable bonds is 16. The summed E-state index contributed by atoms with van der Waals surface area (Å²) in [6.45, 7) is 1.34. The Morgan fingerprint density at radius 1 is 0.787 bits per heavy atom. The predicted octanol–water partition coefficient (Wildman–Crippen LogP) is 3.03. The van der Waals surface area contributed by atoms with E-state index in [1.807, 2.05) is 30.3 Å². The molecule has 3 aromatic rings. The number of hydrogen-bond donors (Lipinski definition) is 6. The molecule has 0 saturated heterocycles. The normalized spacial score (nSPS) is 14.7. The summed E-state index contributed by atoms with van der Waals surface area (Å²) < 4.78 is 0.469. The van der Waals surface area contributed by atoms with Crippen molar-refractivity contribution in [2.75, 3.05) is 5.32 Å². The second-order valence-electron chi connectivity index (χ2n) is 10.6. The van der Waals surface area contributed by atoms with Crippen LogP contribution in [-0.2, 0) is 30.4 Å². The van der Waals surface area contributed by atoms with Crippen molar-refractivity contribution in [3.63, 3.8) is 0 Å². The van der Waals surface area contributed by atoms with Gasteiger partial charge < -0.3 is 32.1 Å². The molecule has 250 valence electrons. The SMILES string of the molecule is C[C@@H](O)[C@H](NC(=O)C(Br)C(Br)c1ccccc1)C(=O)N[C@@H](Cc1ccccc1)C(=O)N[C@@H](CCC(N)=O)C(=O)Nc1cccc(Br)n1. The number of aliphatic hydroxyl groups is 1. The van der Waals surface area contributed by atoms with Gasteiger partial charge in [0, 0.05) is 12.8 Å². The lowest BCUT2D eigenvalue weighted by atomic mass is 10.0. The van der Waals surface area contributed by atoms with Gasteiger partial charge in [-0.2, -0.15) is 0 Å². The van der Waals surface area contributed by atoms with Gasteiger partial charge in [-0.1, -0.05) is 98.6 Å². The second kappa shape index (κ2) is 18.6. The highest BCUT2D eigenvalue weighted by Crippen LogP contribution is 2.31. The Morgan fingerprint density at radius 2 is 1.40 bits per heavy atom. The van der Waals surface area contributed by atoms with Crippen LogP contribution < -0.4 is 27.0 Å². The number of pyridine rings is 1.